The van der Waals surface area contributed by atoms with Crippen molar-refractivity contribution < 1.29 is 4.39 Å². The van der Waals surface area contributed by atoms with Gasteiger partial charge in [-0.05, 0) is 31.5 Å². The van der Waals surface area contributed by atoms with Gasteiger partial charge in [0.1, 0.15) is 10.8 Å². The van der Waals surface area contributed by atoms with Crippen molar-refractivity contribution in [2.24, 2.45) is 0 Å². The van der Waals surface area contributed by atoms with Crippen molar-refractivity contribution in [2.45, 2.75) is 25.1 Å². The first-order valence-corrected chi connectivity index (χ1v) is 6.72. The molecule has 0 saturated carbocycles. The molecule has 2 aromatic rings. The number of hydrogen-bond acceptors (Lipinski definition) is 2. The molecule has 0 spiro atoms. The normalized spacial score (nSPS) is 11.8. The van der Waals surface area contributed by atoms with E-state index in [9.17, 15) is 4.39 Å². The van der Waals surface area contributed by atoms with Crippen molar-refractivity contribution in [3.05, 3.63) is 51.7 Å². The summed E-state index contributed by atoms with van der Waals surface area (Å²) in [7, 11) is 0. The molecule has 0 atom stereocenters. The number of hydrogen-bond donors (Lipinski definition) is 0. The fourth-order valence-corrected chi connectivity index (χ4v) is 2.84. The molecular weight excluding hydrogens is 257 g/mol. The third-order valence-electron chi connectivity index (χ3n) is 2.79. The lowest BCUT2D eigenvalue weighted by atomic mass is 9.85. The van der Waals surface area contributed by atoms with Gasteiger partial charge in [-0.25, -0.2) is 9.37 Å². The van der Waals surface area contributed by atoms with Crippen LogP contribution in [-0.2, 0) is 11.3 Å². The number of halogens is 2. The molecule has 17 heavy (non-hydrogen) atoms. The van der Waals surface area contributed by atoms with Crippen LogP contribution in [0.3, 0.4) is 0 Å². The number of thiazole rings is 1. The van der Waals surface area contributed by atoms with Crippen LogP contribution in [0.4, 0.5) is 4.39 Å². The van der Waals surface area contributed by atoms with Crippen molar-refractivity contribution in [3.63, 3.8) is 0 Å². The summed E-state index contributed by atoms with van der Waals surface area (Å²) < 4.78 is 12.9. The zero-order valence-corrected chi connectivity index (χ0v) is 11.3. The molecule has 0 aliphatic heterocycles. The molecule has 0 N–H and O–H groups in total. The predicted octanol–water partition coefficient (Wildman–Crippen LogP) is 4.35. The molecule has 1 aromatic carbocycles. The maximum Gasteiger partial charge on any atom is 0.123 e. The highest BCUT2D eigenvalue weighted by Gasteiger charge is 2.26. The second kappa shape index (κ2) is 4.75. The van der Waals surface area contributed by atoms with Gasteiger partial charge in [0, 0.05) is 10.8 Å². The van der Waals surface area contributed by atoms with Gasteiger partial charge in [0.25, 0.3) is 0 Å². The monoisotopic (exact) mass is 269 g/mol. The van der Waals surface area contributed by atoms with Gasteiger partial charge in [0.2, 0.25) is 0 Å². The first kappa shape index (κ1) is 12.5. The van der Waals surface area contributed by atoms with Gasteiger partial charge in [-0.1, -0.05) is 12.1 Å². The Bertz CT molecular complexity index is 504. The number of benzene rings is 1. The molecule has 2 rings (SSSR count). The fourth-order valence-electron chi connectivity index (χ4n) is 1.65. The van der Waals surface area contributed by atoms with E-state index in [0.29, 0.717) is 5.88 Å². The van der Waals surface area contributed by atoms with Gasteiger partial charge in [-0.15, -0.1) is 22.9 Å². The Morgan fingerprint density at radius 1 is 1.29 bits per heavy atom. The van der Waals surface area contributed by atoms with Gasteiger partial charge in [0.15, 0.2) is 0 Å². The van der Waals surface area contributed by atoms with Crippen LogP contribution in [0.2, 0.25) is 0 Å². The van der Waals surface area contributed by atoms with Crippen molar-refractivity contribution in [1.29, 1.82) is 0 Å². The predicted molar refractivity (Wildman–Crippen MR) is 70.2 cm³/mol. The highest BCUT2D eigenvalue weighted by molar-refractivity contribution is 7.09. The van der Waals surface area contributed by atoms with Crippen LogP contribution >= 0.6 is 22.9 Å². The Balaban J connectivity index is 2.37. The Hall–Kier alpha value is -0.930. The van der Waals surface area contributed by atoms with Crippen molar-refractivity contribution in [2.75, 3.05) is 0 Å². The summed E-state index contributed by atoms with van der Waals surface area (Å²) in [5, 5.41) is 2.97. The van der Waals surface area contributed by atoms with Crippen molar-refractivity contribution in [3.8, 4) is 0 Å². The fraction of sp³-hybridized carbons (Fsp3) is 0.308. The van der Waals surface area contributed by atoms with Crippen LogP contribution in [0.5, 0.6) is 0 Å². The molecule has 1 nitrogen and oxygen atoms in total. The number of alkyl halides is 1. The Kier molecular flexibility index (Phi) is 3.50. The summed E-state index contributed by atoms with van der Waals surface area (Å²) >= 11 is 7.34. The zero-order chi connectivity index (χ0) is 12.5. The molecule has 0 aliphatic carbocycles. The summed E-state index contributed by atoms with van der Waals surface area (Å²) in [6, 6.07) is 6.56. The first-order valence-electron chi connectivity index (χ1n) is 5.31. The standard InChI is InChI=1S/C13H13ClFNS/c1-13(2,9-3-5-10(15)6-4-9)12-16-11(7-14)8-17-12/h3-6,8H,7H2,1-2H3. The van der Waals surface area contributed by atoms with E-state index in [2.05, 4.69) is 18.8 Å². The van der Waals surface area contributed by atoms with E-state index in [1.165, 1.54) is 12.1 Å². The van der Waals surface area contributed by atoms with Crippen LogP contribution in [0.25, 0.3) is 0 Å². The highest BCUT2D eigenvalue weighted by Crippen LogP contribution is 2.33. The van der Waals surface area contributed by atoms with E-state index in [1.54, 1.807) is 23.5 Å². The van der Waals surface area contributed by atoms with Crippen molar-refractivity contribution >= 4 is 22.9 Å². The molecule has 90 valence electrons. The van der Waals surface area contributed by atoms with Crippen LogP contribution in [0.15, 0.2) is 29.6 Å². The molecule has 1 aromatic heterocycles. The maximum atomic E-state index is 12.9. The van der Waals surface area contributed by atoms with Gasteiger partial charge in [-0.2, -0.15) is 0 Å². The van der Waals surface area contributed by atoms with E-state index >= 15 is 0 Å². The number of nitrogens with zero attached hydrogens (tertiary/aromatic N) is 1. The van der Waals surface area contributed by atoms with Crippen molar-refractivity contribution in [1.82, 2.24) is 4.98 Å². The van der Waals surface area contributed by atoms with Crippen LogP contribution < -0.4 is 0 Å². The lowest BCUT2D eigenvalue weighted by Crippen LogP contribution is -2.18. The third-order valence-corrected chi connectivity index (χ3v) is 4.28. The van der Waals surface area contributed by atoms with E-state index < -0.39 is 0 Å². The molecule has 0 bridgehead atoms. The quantitative estimate of drug-likeness (QED) is 0.755. The summed E-state index contributed by atoms with van der Waals surface area (Å²) in [4.78, 5) is 4.49. The Morgan fingerprint density at radius 2 is 1.94 bits per heavy atom. The van der Waals surface area contributed by atoms with Gasteiger partial charge in [0.05, 0.1) is 11.6 Å². The molecule has 0 fully saturated rings. The van der Waals surface area contributed by atoms with Gasteiger partial charge >= 0.3 is 0 Å². The molecule has 0 amide bonds. The minimum Gasteiger partial charge on any atom is -0.244 e. The average Bonchev–Trinajstić information content (AvgIpc) is 2.78. The van der Waals surface area contributed by atoms with Gasteiger partial charge in [-0.3, -0.25) is 0 Å². The summed E-state index contributed by atoms with van der Waals surface area (Å²) in [6.07, 6.45) is 0. The maximum absolute atomic E-state index is 12.9. The van der Waals surface area contributed by atoms with E-state index in [0.717, 1.165) is 16.3 Å². The molecule has 0 saturated heterocycles. The highest BCUT2D eigenvalue weighted by atomic mass is 35.5. The molecular formula is C13H13ClFNS. The van der Waals surface area contributed by atoms with Crippen LogP contribution in [-0.4, -0.2) is 4.98 Å². The van der Waals surface area contributed by atoms with E-state index in [-0.39, 0.29) is 11.2 Å². The summed E-state index contributed by atoms with van der Waals surface area (Å²) in [6.45, 7) is 4.16. The number of aromatic nitrogens is 1. The zero-order valence-electron chi connectivity index (χ0n) is 9.71. The first-order chi connectivity index (χ1) is 8.04. The minimum absolute atomic E-state index is 0.217. The lowest BCUT2D eigenvalue weighted by Gasteiger charge is -2.22. The lowest BCUT2D eigenvalue weighted by molar-refractivity contribution is 0.611. The Morgan fingerprint density at radius 3 is 2.47 bits per heavy atom. The molecule has 0 radical (unpaired) electrons. The van der Waals surface area contributed by atoms with E-state index in [4.69, 9.17) is 11.6 Å². The summed E-state index contributed by atoms with van der Waals surface area (Å²) in [5.41, 5.74) is 1.72. The second-order valence-electron chi connectivity index (χ2n) is 4.41. The summed E-state index contributed by atoms with van der Waals surface area (Å²) in [5.74, 6) is 0.209. The average molecular weight is 270 g/mol. The second-order valence-corrected chi connectivity index (χ2v) is 5.53. The molecule has 4 heteroatoms. The Labute approximate surface area is 109 Å². The minimum atomic E-state index is -0.220. The molecule has 0 unspecified atom stereocenters. The molecule has 1 heterocycles. The smallest absolute Gasteiger partial charge is 0.123 e. The van der Waals surface area contributed by atoms with Crippen LogP contribution in [0, 0.1) is 5.82 Å². The number of rotatable bonds is 3. The SMILES string of the molecule is CC(C)(c1ccc(F)cc1)c1nc(CCl)cs1. The third kappa shape index (κ3) is 2.50. The molecule has 0 aliphatic rings. The van der Waals surface area contributed by atoms with Gasteiger partial charge < -0.3 is 0 Å². The topological polar surface area (TPSA) is 12.9 Å². The largest absolute Gasteiger partial charge is 0.244 e. The van der Waals surface area contributed by atoms with E-state index in [1.807, 2.05) is 5.38 Å². The van der Waals surface area contributed by atoms with Crippen LogP contribution in [0.1, 0.15) is 30.1 Å².